The molecule has 5 nitrogen and oxygen atoms in total. The molecule has 0 N–H and O–H groups in total. The predicted molar refractivity (Wildman–Crippen MR) is 113 cm³/mol. The normalized spacial score (nSPS) is 22.5. The third-order valence-electron chi connectivity index (χ3n) is 4.91. The number of hydrogen-bond acceptors (Lipinski definition) is 5. The van der Waals surface area contributed by atoms with Gasteiger partial charge in [0.15, 0.2) is 5.17 Å². The van der Waals surface area contributed by atoms with E-state index in [-0.39, 0.29) is 22.7 Å². The third kappa shape index (κ3) is 3.75. The van der Waals surface area contributed by atoms with Crippen LogP contribution in [0.3, 0.4) is 0 Å². The highest BCUT2D eigenvalue weighted by Gasteiger charge is 2.46. The number of benzene rings is 1. The Kier molecular flexibility index (Phi) is 5.45. The maximum Gasteiger partial charge on any atom is 0.338 e. The van der Waals surface area contributed by atoms with Crippen molar-refractivity contribution in [3.05, 3.63) is 46.7 Å². The second-order valence-corrected chi connectivity index (χ2v) is 9.90. The van der Waals surface area contributed by atoms with Gasteiger partial charge in [0, 0.05) is 0 Å². The Morgan fingerprint density at radius 1 is 1.21 bits per heavy atom. The van der Waals surface area contributed by atoms with E-state index in [2.05, 4.69) is 37.9 Å². The van der Waals surface area contributed by atoms with E-state index in [4.69, 9.17) is 4.74 Å². The number of allylic oxidation sites excluding steroid dienone is 1. The SMILES string of the molecule is CC1=C(C(=O)OC(C)C)[C@H](c2ccc(C(C)(C)C)cc2)N2C(=O)[C@@H](C)SC2=N1. The number of thioether (sulfide) groups is 1. The summed E-state index contributed by atoms with van der Waals surface area (Å²) in [6.45, 7) is 13.8. The van der Waals surface area contributed by atoms with Crippen LogP contribution in [0.4, 0.5) is 0 Å². The second-order valence-electron chi connectivity index (χ2n) is 8.59. The number of rotatable bonds is 3. The molecule has 28 heavy (non-hydrogen) atoms. The summed E-state index contributed by atoms with van der Waals surface area (Å²) in [4.78, 5) is 32.0. The van der Waals surface area contributed by atoms with E-state index in [0.717, 1.165) is 5.56 Å². The molecule has 2 heterocycles. The number of ether oxygens (including phenoxy) is 1. The highest BCUT2D eigenvalue weighted by molar-refractivity contribution is 8.15. The molecule has 2 aliphatic rings. The summed E-state index contributed by atoms with van der Waals surface area (Å²) < 4.78 is 5.49. The van der Waals surface area contributed by atoms with Crippen molar-refractivity contribution >= 4 is 28.8 Å². The van der Waals surface area contributed by atoms with E-state index in [1.54, 1.807) is 4.90 Å². The van der Waals surface area contributed by atoms with Gasteiger partial charge >= 0.3 is 5.97 Å². The van der Waals surface area contributed by atoms with Gasteiger partial charge in [0.2, 0.25) is 5.91 Å². The Hall–Kier alpha value is -2.08. The molecule has 0 aromatic heterocycles. The summed E-state index contributed by atoms with van der Waals surface area (Å²) in [5.41, 5.74) is 3.15. The quantitative estimate of drug-likeness (QED) is 0.697. The highest BCUT2D eigenvalue weighted by atomic mass is 32.2. The van der Waals surface area contributed by atoms with Crippen molar-refractivity contribution in [2.24, 2.45) is 4.99 Å². The third-order valence-corrected chi connectivity index (χ3v) is 5.97. The molecule has 0 unspecified atom stereocenters. The number of amidine groups is 1. The van der Waals surface area contributed by atoms with Crippen molar-refractivity contribution in [1.29, 1.82) is 0 Å². The number of carbonyl (C=O) groups excluding carboxylic acids is 2. The Morgan fingerprint density at radius 3 is 2.36 bits per heavy atom. The Balaban J connectivity index is 2.10. The number of nitrogens with zero attached hydrogens (tertiary/aromatic N) is 2. The lowest BCUT2D eigenvalue weighted by Crippen LogP contribution is -2.40. The number of carbonyl (C=O) groups is 2. The van der Waals surface area contributed by atoms with Gasteiger partial charge < -0.3 is 4.74 Å². The van der Waals surface area contributed by atoms with E-state index < -0.39 is 12.0 Å². The monoisotopic (exact) mass is 400 g/mol. The van der Waals surface area contributed by atoms with E-state index in [1.165, 1.54) is 17.3 Å². The smallest absolute Gasteiger partial charge is 0.338 e. The summed E-state index contributed by atoms with van der Waals surface area (Å²) >= 11 is 1.43. The summed E-state index contributed by atoms with van der Waals surface area (Å²) in [5.74, 6) is -0.450. The summed E-state index contributed by atoms with van der Waals surface area (Å²) in [6.07, 6.45) is -0.246. The predicted octanol–water partition coefficient (Wildman–Crippen LogP) is 4.58. The fourth-order valence-corrected chi connectivity index (χ4v) is 4.45. The van der Waals surface area contributed by atoms with Crippen LogP contribution in [0.15, 0.2) is 40.5 Å². The van der Waals surface area contributed by atoms with Crippen molar-refractivity contribution in [3.63, 3.8) is 0 Å². The topological polar surface area (TPSA) is 59.0 Å². The zero-order chi connectivity index (χ0) is 20.8. The molecule has 1 aromatic carbocycles. The minimum absolute atomic E-state index is 0.0245. The summed E-state index contributed by atoms with van der Waals surface area (Å²) in [5, 5.41) is 0.435. The Labute approximate surface area is 171 Å². The molecule has 6 heteroatoms. The van der Waals surface area contributed by atoms with Crippen LogP contribution in [0.5, 0.6) is 0 Å². The van der Waals surface area contributed by atoms with Crippen LogP contribution >= 0.6 is 11.8 Å². The first-order chi connectivity index (χ1) is 13.0. The molecule has 0 aliphatic carbocycles. The van der Waals surface area contributed by atoms with Crippen LogP contribution in [-0.4, -0.2) is 33.3 Å². The first kappa shape index (κ1) is 20.6. The molecule has 0 saturated carbocycles. The minimum Gasteiger partial charge on any atom is -0.459 e. The van der Waals surface area contributed by atoms with Gasteiger partial charge in [-0.15, -0.1) is 0 Å². The minimum atomic E-state index is -0.516. The van der Waals surface area contributed by atoms with Crippen LogP contribution in [-0.2, 0) is 19.7 Å². The van der Waals surface area contributed by atoms with Gasteiger partial charge in [-0.1, -0.05) is 56.8 Å². The van der Waals surface area contributed by atoms with Crippen LogP contribution in [0, 0.1) is 0 Å². The molecule has 1 aromatic rings. The summed E-state index contributed by atoms with van der Waals surface area (Å²) in [6, 6.07) is 7.63. The van der Waals surface area contributed by atoms with Gasteiger partial charge in [-0.25, -0.2) is 9.79 Å². The maximum absolute atomic E-state index is 12.9. The molecule has 0 radical (unpaired) electrons. The molecule has 1 saturated heterocycles. The van der Waals surface area contributed by atoms with E-state index >= 15 is 0 Å². The van der Waals surface area contributed by atoms with Crippen molar-refractivity contribution in [1.82, 2.24) is 4.90 Å². The molecular weight excluding hydrogens is 372 g/mol. The van der Waals surface area contributed by atoms with Gasteiger partial charge in [0.25, 0.3) is 0 Å². The van der Waals surface area contributed by atoms with Crippen molar-refractivity contribution in [3.8, 4) is 0 Å². The van der Waals surface area contributed by atoms with Crippen molar-refractivity contribution in [2.45, 2.75) is 71.3 Å². The molecule has 2 aliphatic heterocycles. The van der Waals surface area contributed by atoms with Gasteiger partial charge in [-0.05, 0) is 44.2 Å². The lowest BCUT2D eigenvalue weighted by atomic mass is 9.85. The van der Waals surface area contributed by atoms with Crippen molar-refractivity contribution in [2.75, 3.05) is 0 Å². The Morgan fingerprint density at radius 2 is 1.82 bits per heavy atom. The molecule has 0 spiro atoms. The molecule has 3 rings (SSSR count). The van der Waals surface area contributed by atoms with Crippen LogP contribution in [0.25, 0.3) is 0 Å². The van der Waals surface area contributed by atoms with Crippen molar-refractivity contribution < 1.29 is 14.3 Å². The second kappa shape index (κ2) is 7.39. The van der Waals surface area contributed by atoms with Gasteiger partial charge in [-0.2, -0.15) is 0 Å². The van der Waals surface area contributed by atoms with E-state index in [1.807, 2.05) is 39.8 Å². The first-order valence-electron chi connectivity index (χ1n) is 9.61. The van der Waals surface area contributed by atoms with E-state index in [0.29, 0.717) is 16.4 Å². The fraction of sp³-hybridized carbons (Fsp3) is 0.500. The zero-order valence-corrected chi connectivity index (χ0v) is 18.4. The number of fused-ring (bicyclic) bond motifs is 1. The molecule has 150 valence electrons. The average Bonchev–Trinajstić information content (AvgIpc) is 2.86. The lowest BCUT2D eigenvalue weighted by molar-refractivity contribution is -0.143. The largest absolute Gasteiger partial charge is 0.459 e. The number of hydrogen-bond donors (Lipinski definition) is 0. The summed E-state index contributed by atoms with van der Waals surface area (Å²) in [7, 11) is 0. The first-order valence-corrected chi connectivity index (χ1v) is 10.5. The molecule has 2 atom stereocenters. The number of aliphatic imine (C=N–C) groups is 1. The van der Waals surface area contributed by atoms with Gasteiger partial charge in [0.05, 0.1) is 28.7 Å². The molecule has 0 bridgehead atoms. The van der Waals surface area contributed by atoms with Crippen LogP contribution in [0.2, 0.25) is 0 Å². The fourth-order valence-electron chi connectivity index (χ4n) is 3.42. The zero-order valence-electron chi connectivity index (χ0n) is 17.6. The molecular formula is C22H28N2O3S. The lowest BCUT2D eigenvalue weighted by Gasteiger charge is -2.33. The molecule has 1 fully saturated rings. The maximum atomic E-state index is 12.9. The van der Waals surface area contributed by atoms with Crippen LogP contribution in [0.1, 0.15) is 65.6 Å². The van der Waals surface area contributed by atoms with Gasteiger partial charge in [0.1, 0.15) is 0 Å². The van der Waals surface area contributed by atoms with Crippen LogP contribution < -0.4 is 0 Å². The number of esters is 1. The molecule has 1 amide bonds. The standard InChI is InChI=1S/C22H28N2O3S/c1-12(2)27-20(26)17-13(3)23-21-24(19(25)14(4)28-21)18(17)15-8-10-16(11-9-15)22(5,6)7/h8-12,14,18H,1-7H3/t14-,18+/m1/s1. The number of amides is 1. The highest BCUT2D eigenvalue weighted by Crippen LogP contribution is 2.43. The van der Waals surface area contributed by atoms with E-state index in [9.17, 15) is 9.59 Å². The average molecular weight is 401 g/mol. The van der Waals surface area contributed by atoms with Gasteiger partial charge in [-0.3, -0.25) is 9.69 Å². The Bertz CT molecular complexity index is 863.